The maximum absolute atomic E-state index is 12.4. The Morgan fingerprint density at radius 2 is 1.89 bits per heavy atom. The van der Waals surface area contributed by atoms with Crippen LogP contribution in [0.15, 0.2) is 29.2 Å². The molecule has 1 aliphatic rings. The van der Waals surface area contributed by atoms with Crippen LogP contribution in [0.25, 0.3) is 0 Å². The molecule has 6 heteroatoms. The number of rotatable bonds is 3. The summed E-state index contributed by atoms with van der Waals surface area (Å²) in [7, 11) is -3.44. The molecular weight excluding hydrogens is 250 g/mol. The van der Waals surface area contributed by atoms with Crippen LogP contribution >= 0.6 is 0 Å². The topological polar surface area (TPSA) is 87.2 Å². The van der Waals surface area contributed by atoms with Crippen LogP contribution in [0.2, 0.25) is 0 Å². The molecule has 0 radical (unpaired) electrons. The summed E-state index contributed by atoms with van der Waals surface area (Å²) in [4.78, 5) is 0.220. The van der Waals surface area contributed by atoms with Gasteiger partial charge in [0.15, 0.2) is 0 Å². The van der Waals surface area contributed by atoms with Crippen LogP contribution in [0, 0.1) is 5.41 Å². The van der Waals surface area contributed by atoms with Crippen molar-refractivity contribution in [3.8, 4) is 0 Å². The van der Waals surface area contributed by atoms with E-state index in [9.17, 15) is 8.42 Å². The van der Waals surface area contributed by atoms with Gasteiger partial charge in [0.05, 0.1) is 4.90 Å². The zero-order chi connectivity index (χ0) is 13.2. The van der Waals surface area contributed by atoms with Gasteiger partial charge in [0.25, 0.3) is 0 Å². The molecule has 0 aromatic heterocycles. The molecule has 1 aliphatic heterocycles. The Bertz CT molecular complexity index is 548. The van der Waals surface area contributed by atoms with Crippen LogP contribution in [0.1, 0.15) is 24.8 Å². The highest BCUT2D eigenvalue weighted by molar-refractivity contribution is 7.89. The van der Waals surface area contributed by atoms with Crippen molar-refractivity contribution < 1.29 is 8.42 Å². The third kappa shape index (κ3) is 2.54. The van der Waals surface area contributed by atoms with E-state index in [1.165, 1.54) is 10.4 Å². The lowest BCUT2D eigenvalue weighted by Crippen LogP contribution is -2.35. The molecule has 1 aromatic carbocycles. The van der Waals surface area contributed by atoms with Crippen LogP contribution < -0.4 is 5.73 Å². The van der Waals surface area contributed by atoms with Crippen molar-refractivity contribution >= 4 is 15.9 Å². The molecule has 0 amide bonds. The van der Waals surface area contributed by atoms with E-state index in [-0.39, 0.29) is 10.7 Å². The molecule has 0 bridgehead atoms. The average Bonchev–Trinajstić information content (AvgIpc) is 2.40. The van der Waals surface area contributed by atoms with Crippen molar-refractivity contribution in [3.63, 3.8) is 0 Å². The van der Waals surface area contributed by atoms with Gasteiger partial charge >= 0.3 is 0 Å². The number of amidine groups is 1. The highest BCUT2D eigenvalue weighted by Gasteiger charge is 2.25. The van der Waals surface area contributed by atoms with Crippen molar-refractivity contribution in [2.45, 2.75) is 24.2 Å². The van der Waals surface area contributed by atoms with Gasteiger partial charge in [-0.3, -0.25) is 5.41 Å². The monoisotopic (exact) mass is 267 g/mol. The quantitative estimate of drug-likeness (QED) is 0.636. The molecule has 18 heavy (non-hydrogen) atoms. The van der Waals surface area contributed by atoms with Crippen LogP contribution in [0.3, 0.4) is 0 Å². The summed E-state index contributed by atoms with van der Waals surface area (Å²) in [5.74, 6) is -0.120. The zero-order valence-corrected chi connectivity index (χ0v) is 10.9. The number of piperidine rings is 1. The van der Waals surface area contributed by atoms with E-state index in [1.807, 2.05) is 0 Å². The minimum Gasteiger partial charge on any atom is -0.384 e. The highest BCUT2D eigenvalue weighted by atomic mass is 32.2. The lowest BCUT2D eigenvalue weighted by Gasteiger charge is -2.26. The third-order valence-corrected chi connectivity index (χ3v) is 4.99. The van der Waals surface area contributed by atoms with Crippen molar-refractivity contribution in [3.05, 3.63) is 29.8 Å². The molecule has 1 aromatic rings. The first-order chi connectivity index (χ1) is 8.51. The number of benzene rings is 1. The molecule has 1 saturated heterocycles. The first-order valence-electron chi connectivity index (χ1n) is 5.96. The van der Waals surface area contributed by atoms with Crippen molar-refractivity contribution in [2.24, 2.45) is 5.73 Å². The first-order valence-corrected chi connectivity index (χ1v) is 7.40. The zero-order valence-electron chi connectivity index (χ0n) is 10.1. The molecule has 2 rings (SSSR count). The summed E-state index contributed by atoms with van der Waals surface area (Å²) >= 11 is 0. The summed E-state index contributed by atoms with van der Waals surface area (Å²) in [6.45, 7) is 1.15. The van der Waals surface area contributed by atoms with E-state index in [2.05, 4.69) is 0 Å². The van der Waals surface area contributed by atoms with Gasteiger partial charge < -0.3 is 5.73 Å². The first kappa shape index (κ1) is 13.0. The second-order valence-electron chi connectivity index (χ2n) is 4.41. The molecule has 5 nitrogen and oxygen atoms in total. The minimum absolute atomic E-state index is 0.120. The number of hydrogen-bond donors (Lipinski definition) is 2. The fourth-order valence-electron chi connectivity index (χ4n) is 2.08. The Morgan fingerprint density at radius 3 is 2.50 bits per heavy atom. The summed E-state index contributed by atoms with van der Waals surface area (Å²) < 4.78 is 26.3. The number of nitrogens with one attached hydrogen (secondary N) is 1. The van der Waals surface area contributed by atoms with Crippen LogP contribution in [0.4, 0.5) is 0 Å². The van der Waals surface area contributed by atoms with E-state index >= 15 is 0 Å². The highest BCUT2D eigenvalue weighted by Crippen LogP contribution is 2.21. The van der Waals surface area contributed by atoms with E-state index in [4.69, 9.17) is 11.1 Å². The fourth-order valence-corrected chi connectivity index (χ4v) is 3.64. The van der Waals surface area contributed by atoms with Gasteiger partial charge in [0, 0.05) is 18.7 Å². The fraction of sp³-hybridized carbons (Fsp3) is 0.417. The van der Waals surface area contributed by atoms with E-state index in [0.29, 0.717) is 18.7 Å². The molecule has 0 aliphatic carbocycles. The summed E-state index contributed by atoms with van der Waals surface area (Å²) in [6.07, 6.45) is 2.90. The van der Waals surface area contributed by atoms with E-state index in [1.54, 1.807) is 18.2 Å². The van der Waals surface area contributed by atoms with Crippen molar-refractivity contribution in [1.29, 1.82) is 5.41 Å². The summed E-state index contributed by atoms with van der Waals surface area (Å²) in [6, 6.07) is 6.27. The molecule has 0 spiro atoms. The Morgan fingerprint density at radius 1 is 1.22 bits per heavy atom. The van der Waals surface area contributed by atoms with Gasteiger partial charge in [-0.15, -0.1) is 0 Å². The predicted octanol–water partition coefficient (Wildman–Crippen LogP) is 1.15. The third-order valence-electron chi connectivity index (χ3n) is 3.10. The Labute approximate surface area is 107 Å². The maximum atomic E-state index is 12.4. The maximum Gasteiger partial charge on any atom is 0.243 e. The van der Waals surface area contributed by atoms with Gasteiger partial charge in [0.2, 0.25) is 10.0 Å². The smallest absolute Gasteiger partial charge is 0.243 e. The van der Waals surface area contributed by atoms with Crippen LogP contribution in [-0.2, 0) is 10.0 Å². The molecule has 0 atom stereocenters. The van der Waals surface area contributed by atoms with Crippen molar-refractivity contribution in [1.82, 2.24) is 4.31 Å². The summed E-state index contributed by atoms with van der Waals surface area (Å²) in [5, 5.41) is 7.35. The lowest BCUT2D eigenvalue weighted by atomic mass is 10.2. The van der Waals surface area contributed by atoms with Gasteiger partial charge in [-0.1, -0.05) is 18.6 Å². The second kappa shape index (κ2) is 5.07. The molecule has 3 N–H and O–H groups in total. The van der Waals surface area contributed by atoms with Gasteiger partial charge in [-0.2, -0.15) is 4.31 Å². The minimum atomic E-state index is -3.44. The van der Waals surface area contributed by atoms with E-state index < -0.39 is 10.0 Å². The number of hydrogen-bond acceptors (Lipinski definition) is 3. The normalized spacial score (nSPS) is 17.6. The van der Waals surface area contributed by atoms with Crippen molar-refractivity contribution in [2.75, 3.05) is 13.1 Å². The largest absolute Gasteiger partial charge is 0.384 e. The SMILES string of the molecule is N=C(N)c1cccc(S(=O)(=O)N2CCCCC2)c1. The summed E-state index contributed by atoms with van der Waals surface area (Å²) in [5.41, 5.74) is 5.82. The Kier molecular flexibility index (Phi) is 3.68. The number of nitrogens with two attached hydrogens (primary N) is 1. The van der Waals surface area contributed by atoms with Crippen LogP contribution in [0.5, 0.6) is 0 Å². The Balaban J connectivity index is 2.34. The van der Waals surface area contributed by atoms with Gasteiger partial charge in [-0.05, 0) is 25.0 Å². The molecule has 1 heterocycles. The molecule has 0 saturated carbocycles. The molecule has 1 fully saturated rings. The second-order valence-corrected chi connectivity index (χ2v) is 6.34. The van der Waals surface area contributed by atoms with Gasteiger partial charge in [-0.25, -0.2) is 8.42 Å². The average molecular weight is 267 g/mol. The standard InChI is InChI=1S/C12H17N3O2S/c13-12(14)10-5-4-6-11(9-10)18(16,17)15-7-2-1-3-8-15/h4-6,9H,1-3,7-8H2,(H3,13,14). The molecule has 98 valence electrons. The molecule has 0 unspecified atom stereocenters. The predicted molar refractivity (Wildman–Crippen MR) is 70.1 cm³/mol. The molecular formula is C12H17N3O2S. The number of nitrogens with zero attached hydrogens (tertiary/aromatic N) is 1. The van der Waals surface area contributed by atoms with Crippen LogP contribution in [-0.4, -0.2) is 31.6 Å². The number of sulfonamides is 1. The number of nitrogen functional groups attached to an aromatic ring is 1. The van der Waals surface area contributed by atoms with Gasteiger partial charge in [0.1, 0.15) is 5.84 Å². The lowest BCUT2D eigenvalue weighted by molar-refractivity contribution is 0.346. The van der Waals surface area contributed by atoms with E-state index in [0.717, 1.165) is 19.3 Å². The Hall–Kier alpha value is -1.40.